The molecule has 1 aromatic carbocycles. The van der Waals surface area contributed by atoms with Gasteiger partial charge in [0.1, 0.15) is 18.8 Å². The number of amides is 2. The van der Waals surface area contributed by atoms with Gasteiger partial charge in [-0.3, -0.25) is 19.5 Å². The average molecular weight is 470 g/mol. The molecule has 10 heteroatoms. The van der Waals surface area contributed by atoms with E-state index in [0.717, 1.165) is 37.1 Å². The molecule has 3 N–H and O–H groups in total. The molecule has 0 spiro atoms. The van der Waals surface area contributed by atoms with Gasteiger partial charge in [-0.05, 0) is 44.1 Å². The van der Waals surface area contributed by atoms with Gasteiger partial charge in [-0.15, -0.1) is 0 Å². The lowest BCUT2D eigenvalue weighted by atomic mass is 9.68. The molecule has 182 valence electrons. The Labute approximate surface area is 198 Å². The van der Waals surface area contributed by atoms with Crippen LogP contribution in [-0.4, -0.2) is 85.3 Å². The van der Waals surface area contributed by atoms with Gasteiger partial charge in [-0.25, -0.2) is 4.98 Å². The topological polar surface area (TPSA) is 140 Å². The summed E-state index contributed by atoms with van der Waals surface area (Å²) in [6.45, 7) is 0.628. The quantitative estimate of drug-likeness (QED) is 0.559. The SMILES string of the molecule is O=C(CO)N1[C@@H]2CC[C@H]1[C@@](Cc1ccccc1)(C(=O)N1CCC(c3ncn[nH]3)CC1)C2.O=CO. The molecule has 3 aliphatic rings. The van der Waals surface area contributed by atoms with Crippen molar-refractivity contribution in [2.75, 3.05) is 19.7 Å². The van der Waals surface area contributed by atoms with Crippen molar-refractivity contribution in [2.45, 2.75) is 56.5 Å². The van der Waals surface area contributed by atoms with E-state index in [1.165, 1.54) is 6.33 Å². The molecule has 0 radical (unpaired) electrons. The number of aromatic nitrogens is 3. The third kappa shape index (κ3) is 4.42. The van der Waals surface area contributed by atoms with Gasteiger partial charge in [0.25, 0.3) is 6.47 Å². The monoisotopic (exact) mass is 469 g/mol. The molecule has 10 nitrogen and oxygen atoms in total. The fourth-order valence-electron chi connectivity index (χ4n) is 6.18. The Morgan fingerprint density at radius 2 is 1.85 bits per heavy atom. The lowest BCUT2D eigenvalue weighted by Crippen LogP contribution is -2.54. The van der Waals surface area contributed by atoms with Crippen LogP contribution in [0.5, 0.6) is 0 Å². The molecule has 5 rings (SSSR count). The summed E-state index contributed by atoms with van der Waals surface area (Å²) in [6, 6.07) is 10.0. The van der Waals surface area contributed by atoms with Crippen LogP contribution in [0.25, 0.3) is 0 Å². The minimum absolute atomic E-state index is 0.0454. The zero-order valence-electron chi connectivity index (χ0n) is 19.0. The number of aliphatic hydroxyl groups is 1. The van der Waals surface area contributed by atoms with Crippen molar-refractivity contribution in [1.82, 2.24) is 25.0 Å². The third-order valence-electron chi connectivity index (χ3n) is 7.55. The molecule has 3 saturated heterocycles. The number of carboxylic acid groups (broad SMARTS) is 1. The number of hydrogen-bond acceptors (Lipinski definition) is 6. The Bertz CT molecular complexity index is 977. The van der Waals surface area contributed by atoms with E-state index < -0.39 is 12.0 Å². The number of H-pyrrole nitrogens is 1. The number of piperidine rings is 1. The van der Waals surface area contributed by atoms with Gasteiger partial charge in [-0.1, -0.05) is 30.3 Å². The average Bonchev–Trinajstić information content (AvgIpc) is 3.61. The molecule has 0 unspecified atom stereocenters. The smallest absolute Gasteiger partial charge is 0.290 e. The zero-order valence-corrected chi connectivity index (χ0v) is 19.0. The van der Waals surface area contributed by atoms with E-state index in [9.17, 15) is 14.7 Å². The van der Waals surface area contributed by atoms with Gasteiger partial charge in [-0.2, -0.15) is 5.10 Å². The Morgan fingerprint density at radius 1 is 1.15 bits per heavy atom. The highest BCUT2D eigenvalue weighted by Crippen LogP contribution is 2.53. The van der Waals surface area contributed by atoms with E-state index in [2.05, 4.69) is 27.3 Å². The minimum atomic E-state index is -0.617. The molecule has 0 aliphatic carbocycles. The van der Waals surface area contributed by atoms with Gasteiger partial charge in [0.15, 0.2) is 0 Å². The van der Waals surface area contributed by atoms with Crippen LogP contribution in [0.4, 0.5) is 0 Å². The van der Waals surface area contributed by atoms with Crippen LogP contribution in [-0.2, 0) is 20.8 Å². The molecular weight excluding hydrogens is 438 g/mol. The normalized spacial score (nSPS) is 26.1. The van der Waals surface area contributed by atoms with Crippen LogP contribution >= 0.6 is 0 Å². The lowest BCUT2D eigenvalue weighted by Gasteiger charge is -2.42. The second-order valence-electron chi connectivity index (χ2n) is 9.27. The number of rotatable bonds is 5. The van der Waals surface area contributed by atoms with Crippen LogP contribution in [0, 0.1) is 5.41 Å². The Kier molecular flexibility index (Phi) is 7.26. The van der Waals surface area contributed by atoms with E-state index in [1.54, 1.807) is 0 Å². The maximum absolute atomic E-state index is 14.1. The number of likely N-dealkylation sites (tertiary alicyclic amines) is 1. The Hall–Kier alpha value is -3.27. The molecule has 3 fully saturated rings. The van der Waals surface area contributed by atoms with E-state index >= 15 is 0 Å². The number of hydrogen-bond donors (Lipinski definition) is 3. The van der Waals surface area contributed by atoms with Crippen LogP contribution < -0.4 is 0 Å². The van der Waals surface area contributed by atoms with Crippen molar-refractivity contribution in [1.29, 1.82) is 0 Å². The number of fused-ring (bicyclic) bond motifs is 2. The molecule has 3 aliphatic heterocycles. The first-order valence-corrected chi connectivity index (χ1v) is 11.7. The lowest BCUT2D eigenvalue weighted by molar-refractivity contribution is -0.146. The first-order valence-electron chi connectivity index (χ1n) is 11.7. The van der Waals surface area contributed by atoms with Crippen molar-refractivity contribution < 1.29 is 24.6 Å². The number of aliphatic hydroxyl groups excluding tert-OH is 1. The molecule has 1 aromatic heterocycles. The highest BCUT2D eigenvalue weighted by Gasteiger charge is 2.61. The summed E-state index contributed by atoms with van der Waals surface area (Å²) >= 11 is 0. The number of carbonyl (C=O) groups is 3. The third-order valence-corrected chi connectivity index (χ3v) is 7.55. The fourth-order valence-corrected chi connectivity index (χ4v) is 6.18. The van der Waals surface area contributed by atoms with Gasteiger partial charge < -0.3 is 20.0 Å². The van der Waals surface area contributed by atoms with E-state index in [-0.39, 0.29) is 30.4 Å². The van der Waals surface area contributed by atoms with Gasteiger partial charge in [0, 0.05) is 31.1 Å². The predicted octanol–water partition coefficient (Wildman–Crippen LogP) is 1.20. The van der Waals surface area contributed by atoms with E-state index in [4.69, 9.17) is 9.90 Å². The highest BCUT2D eigenvalue weighted by molar-refractivity contribution is 5.88. The Morgan fingerprint density at radius 3 is 2.47 bits per heavy atom. The van der Waals surface area contributed by atoms with Crippen molar-refractivity contribution >= 4 is 18.3 Å². The van der Waals surface area contributed by atoms with Crippen LogP contribution in [0.2, 0.25) is 0 Å². The first kappa shape index (κ1) is 23.9. The predicted molar refractivity (Wildman–Crippen MR) is 122 cm³/mol. The molecule has 3 atom stereocenters. The molecule has 34 heavy (non-hydrogen) atoms. The second kappa shape index (κ2) is 10.3. The first-order chi connectivity index (χ1) is 16.5. The van der Waals surface area contributed by atoms with Crippen molar-refractivity contribution in [2.24, 2.45) is 5.41 Å². The molecule has 4 heterocycles. The van der Waals surface area contributed by atoms with Gasteiger partial charge in [0.2, 0.25) is 11.8 Å². The maximum Gasteiger partial charge on any atom is 0.290 e. The fraction of sp³-hybridized carbons (Fsp3) is 0.542. The van der Waals surface area contributed by atoms with Crippen molar-refractivity contribution in [3.63, 3.8) is 0 Å². The zero-order chi connectivity index (χ0) is 24.1. The largest absolute Gasteiger partial charge is 0.483 e. The molecular formula is C24H31N5O5. The summed E-state index contributed by atoms with van der Waals surface area (Å²) in [6.07, 6.45) is 6.29. The number of carbonyl (C=O) groups excluding carboxylic acids is 2. The number of nitrogens with one attached hydrogen (secondary N) is 1. The van der Waals surface area contributed by atoms with Gasteiger partial charge >= 0.3 is 0 Å². The second-order valence-corrected chi connectivity index (χ2v) is 9.27. The molecule has 2 aromatic rings. The summed E-state index contributed by atoms with van der Waals surface area (Å²) in [5.41, 5.74) is 0.505. The van der Waals surface area contributed by atoms with E-state index in [1.807, 2.05) is 28.0 Å². The van der Waals surface area contributed by atoms with Crippen LogP contribution in [0.15, 0.2) is 36.7 Å². The summed E-state index contributed by atoms with van der Waals surface area (Å²) in [7, 11) is 0. The highest BCUT2D eigenvalue weighted by atomic mass is 16.3. The van der Waals surface area contributed by atoms with Crippen LogP contribution in [0.3, 0.4) is 0 Å². The molecule has 0 saturated carbocycles. The summed E-state index contributed by atoms with van der Waals surface area (Å²) < 4.78 is 0. The molecule has 2 bridgehead atoms. The molecule has 2 amide bonds. The van der Waals surface area contributed by atoms with Crippen molar-refractivity contribution in [3.05, 3.63) is 48.0 Å². The maximum atomic E-state index is 14.1. The number of nitrogens with zero attached hydrogens (tertiary/aromatic N) is 4. The number of benzene rings is 1. The summed E-state index contributed by atoms with van der Waals surface area (Å²) in [4.78, 5) is 43.0. The van der Waals surface area contributed by atoms with E-state index in [0.29, 0.717) is 31.8 Å². The number of aromatic amines is 1. The summed E-state index contributed by atoms with van der Waals surface area (Å²) in [5.74, 6) is 1.10. The van der Waals surface area contributed by atoms with Crippen molar-refractivity contribution in [3.8, 4) is 0 Å². The summed E-state index contributed by atoms with van der Waals surface area (Å²) in [5, 5.41) is 23.3. The Balaban J connectivity index is 0.000000868. The minimum Gasteiger partial charge on any atom is -0.483 e. The standard InChI is InChI=1S/C23H29N5O3.CH2O2/c29-14-20(30)28-18-6-7-19(28)23(13-18,12-16-4-2-1-3-5-16)22(31)27-10-8-17(9-11-27)21-24-15-25-26-21;2-1-3/h1-5,15,17-19,29H,6-14H2,(H,24,25,26);1H,(H,2,3)/t18-,19+,23+;/m1./s1. The van der Waals surface area contributed by atoms with Gasteiger partial charge in [0.05, 0.1) is 5.41 Å². The van der Waals surface area contributed by atoms with Crippen LogP contribution in [0.1, 0.15) is 49.4 Å².